The quantitative estimate of drug-likeness (QED) is 0.560. The normalized spacial score (nSPS) is 13.5. The van der Waals surface area contributed by atoms with Gasteiger partial charge in [0.1, 0.15) is 0 Å². The molecule has 0 heterocycles. The van der Waals surface area contributed by atoms with Crippen molar-refractivity contribution in [3.63, 3.8) is 0 Å². The summed E-state index contributed by atoms with van der Waals surface area (Å²) in [5.74, 6) is 0. The summed E-state index contributed by atoms with van der Waals surface area (Å²) in [6.45, 7) is 28.5. The van der Waals surface area contributed by atoms with E-state index in [1.165, 1.54) is 0 Å². The van der Waals surface area contributed by atoms with E-state index in [0.717, 1.165) is 0 Å². The molecule has 0 atom stereocenters. The summed E-state index contributed by atoms with van der Waals surface area (Å²) in [4.78, 5) is 0. The third-order valence-corrected chi connectivity index (χ3v) is 15.2. The molecule has 0 aromatic heterocycles. The summed E-state index contributed by atoms with van der Waals surface area (Å²) in [6, 6.07) is 3.61. The van der Waals surface area contributed by atoms with Gasteiger partial charge in [-0.2, -0.15) is 0 Å². The SMILES string of the molecule is CC(C)[N](C(C)C)[Ga]([N](C(C)C)C(C)C)[N](C(C)C)C(C)C. The van der Waals surface area contributed by atoms with Crippen molar-refractivity contribution in [2.24, 2.45) is 0 Å². The summed E-state index contributed by atoms with van der Waals surface area (Å²) in [6.07, 6.45) is 0. The Kier molecular flexibility index (Phi) is 9.95. The van der Waals surface area contributed by atoms with Crippen LogP contribution in [0, 0.1) is 0 Å². The Morgan fingerprint density at radius 3 is 0.591 bits per heavy atom. The first-order valence-corrected chi connectivity index (χ1v) is 12.5. The Morgan fingerprint density at radius 2 is 0.500 bits per heavy atom. The van der Waals surface area contributed by atoms with E-state index in [4.69, 9.17) is 0 Å². The topological polar surface area (TPSA) is 9.72 Å². The van der Waals surface area contributed by atoms with Crippen LogP contribution in [0.2, 0.25) is 0 Å². The van der Waals surface area contributed by atoms with Gasteiger partial charge < -0.3 is 0 Å². The first-order valence-electron chi connectivity index (χ1n) is 9.25. The van der Waals surface area contributed by atoms with E-state index in [2.05, 4.69) is 93.9 Å². The predicted molar refractivity (Wildman–Crippen MR) is 102 cm³/mol. The molecule has 0 bridgehead atoms. The van der Waals surface area contributed by atoms with E-state index in [0.29, 0.717) is 36.3 Å². The van der Waals surface area contributed by atoms with Gasteiger partial charge in [-0.05, 0) is 0 Å². The van der Waals surface area contributed by atoms with E-state index in [1.54, 1.807) is 0 Å². The predicted octanol–water partition coefficient (Wildman–Crippen LogP) is 4.33. The Labute approximate surface area is 147 Å². The molecule has 0 saturated carbocycles. The minimum atomic E-state index is -2.04. The Morgan fingerprint density at radius 1 is 0.364 bits per heavy atom. The maximum absolute atomic E-state index is 2.85. The van der Waals surface area contributed by atoms with Gasteiger partial charge in [0.15, 0.2) is 0 Å². The van der Waals surface area contributed by atoms with E-state index in [9.17, 15) is 0 Å². The zero-order valence-electron chi connectivity index (χ0n) is 17.4. The molecule has 0 aromatic rings. The van der Waals surface area contributed by atoms with Crippen molar-refractivity contribution in [2.75, 3.05) is 0 Å². The van der Waals surface area contributed by atoms with E-state index < -0.39 is 16.9 Å². The summed E-state index contributed by atoms with van der Waals surface area (Å²) in [5, 5.41) is 0. The molecule has 0 amide bonds. The Balaban J connectivity index is 6.03. The van der Waals surface area contributed by atoms with Crippen LogP contribution in [0.4, 0.5) is 0 Å². The fourth-order valence-corrected chi connectivity index (χ4v) is 12.5. The van der Waals surface area contributed by atoms with Gasteiger partial charge in [0.25, 0.3) is 0 Å². The van der Waals surface area contributed by atoms with E-state index in [-0.39, 0.29) is 0 Å². The van der Waals surface area contributed by atoms with Crippen LogP contribution in [-0.4, -0.2) is 64.0 Å². The van der Waals surface area contributed by atoms with Gasteiger partial charge in [-0.1, -0.05) is 0 Å². The molecule has 0 rings (SSSR count). The zero-order chi connectivity index (χ0) is 17.8. The number of rotatable bonds is 9. The fraction of sp³-hybridized carbons (Fsp3) is 1.00. The van der Waals surface area contributed by atoms with Crippen molar-refractivity contribution < 1.29 is 0 Å². The molecule has 0 aromatic carbocycles. The van der Waals surface area contributed by atoms with Gasteiger partial charge in [-0.25, -0.2) is 0 Å². The van der Waals surface area contributed by atoms with Gasteiger partial charge in [-0.15, -0.1) is 0 Å². The van der Waals surface area contributed by atoms with Crippen LogP contribution in [-0.2, 0) is 0 Å². The Hall–Kier alpha value is 0.516. The van der Waals surface area contributed by atoms with Gasteiger partial charge in [0.05, 0.1) is 0 Å². The summed E-state index contributed by atoms with van der Waals surface area (Å²) < 4.78 is 8.56. The molecule has 3 nitrogen and oxygen atoms in total. The molecule has 0 aliphatic rings. The van der Waals surface area contributed by atoms with Crippen molar-refractivity contribution in [2.45, 2.75) is 119 Å². The van der Waals surface area contributed by atoms with Gasteiger partial charge in [-0.3, -0.25) is 0 Å². The van der Waals surface area contributed by atoms with Crippen LogP contribution in [0.15, 0.2) is 0 Å². The molecular formula is C18H42GaN3. The van der Waals surface area contributed by atoms with Gasteiger partial charge >= 0.3 is 147 Å². The second-order valence-electron chi connectivity index (χ2n) is 8.25. The number of hydrogen-bond acceptors (Lipinski definition) is 3. The molecule has 0 N–H and O–H groups in total. The summed E-state index contributed by atoms with van der Waals surface area (Å²) >= 11 is -2.04. The van der Waals surface area contributed by atoms with Crippen LogP contribution in [0.3, 0.4) is 0 Å². The molecule has 0 unspecified atom stereocenters. The van der Waals surface area contributed by atoms with Crippen LogP contribution >= 0.6 is 0 Å². The first-order chi connectivity index (χ1) is 9.93. The van der Waals surface area contributed by atoms with Crippen molar-refractivity contribution in [3.05, 3.63) is 0 Å². The van der Waals surface area contributed by atoms with Gasteiger partial charge in [0.2, 0.25) is 0 Å². The maximum atomic E-state index is 2.85. The van der Waals surface area contributed by atoms with Crippen LogP contribution in [0.5, 0.6) is 0 Å². The molecular weight excluding hydrogens is 328 g/mol. The summed E-state index contributed by atoms with van der Waals surface area (Å²) in [5.41, 5.74) is 0. The van der Waals surface area contributed by atoms with Gasteiger partial charge in [0, 0.05) is 0 Å². The van der Waals surface area contributed by atoms with Crippen molar-refractivity contribution in [1.82, 2.24) is 10.8 Å². The molecule has 4 heteroatoms. The Bertz CT molecular complexity index is 229. The molecule has 0 aliphatic heterocycles. The monoisotopic (exact) mass is 369 g/mol. The fourth-order valence-electron chi connectivity index (χ4n) is 3.85. The third-order valence-electron chi connectivity index (χ3n) is 4.38. The molecule has 22 heavy (non-hydrogen) atoms. The van der Waals surface area contributed by atoms with E-state index >= 15 is 0 Å². The number of hydrogen-bond donors (Lipinski definition) is 0. The zero-order valence-corrected chi connectivity index (χ0v) is 19.8. The third kappa shape index (κ3) is 5.86. The average Bonchev–Trinajstić information content (AvgIpc) is 2.24. The molecule has 132 valence electrons. The first kappa shape index (κ1) is 22.5. The molecule has 0 saturated heterocycles. The summed E-state index contributed by atoms with van der Waals surface area (Å²) in [7, 11) is 0. The number of nitrogens with zero attached hydrogens (tertiary/aromatic N) is 3. The molecule has 0 spiro atoms. The van der Waals surface area contributed by atoms with Crippen LogP contribution in [0.1, 0.15) is 83.1 Å². The van der Waals surface area contributed by atoms with Crippen molar-refractivity contribution in [1.29, 1.82) is 0 Å². The second-order valence-corrected chi connectivity index (χ2v) is 13.5. The van der Waals surface area contributed by atoms with Crippen LogP contribution in [0.25, 0.3) is 0 Å². The second kappa shape index (κ2) is 9.73. The standard InChI is InChI=1S/3C6H14N.Ga/c3*1-5(2)7-6(3)4;/h3*5-6H,1-4H3;/q3*-1;+3. The molecule has 0 aliphatic carbocycles. The minimum absolute atomic E-state index is 0.602. The van der Waals surface area contributed by atoms with E-state index in [1.807, 2.05) is 0 Å². The molecule has 0 fully saturated rings. The van der Waals surface area contributed by atoms with Crippen molar-refractivity contribution in [3.8, 4) is 0 Å². The average molecular weight is 370 g/mol. The van der Waals surface area contributed by atoms with Crippen molar-refractivity contribution >= 4 is 16.9 Å². The molecule has 0 radical (unpaired) electrons. The van der Waals surface area contributed by atoms with Crippen LogP contribution < -0.4 is 0 Å².